The monoisotopic (exact) mass is 365 g/mol. The summed E-state index contributed by atoms with van der Waals surface area (Å²) in [7, 11) is 0. The fourth-order valence-electron chi connectivity index (χ4n) is 3.44. The highest BCUT2D eigenvalue weighted by atomic mass is 16.4. The van der Waals surface area contributed by atoms with Gasteiger partial charge in [-0.1, -0.05) is 30.3 Å². The molecule has 3 aromatic rings. The second kappa shape index (κ2) is 6.71. The molecule has 1 amide bonds. The van der Waals surface area contributed by atoms with Crippen molar-refractivity contribution < 1.29 is 14.7 Å². The van der Waals surface area contributed by atoms with Gasteiger partial charge >= 0.3 is 5.97 Å². The third kappa shape index (κ3) is 2.99. The zero-order valence-corrected chi connectivity index (χ0v) is 14.8. The smallest absolute Gasteiger partial charge is 0.356 e. The van der Waals surface area contributed by atoms with E-state index < -0.39 is 5.97 Å². The minimum atomic E-state index is -1.07. The second-order valence-electron chi connectivity index (χ2n) is 6.38. The molecule has 1 aliphatic rings. The average molecular weight is 365 g/mol. The minimum Gasteiger partial charge on any atom is -0.476 e. The molecule has 3 heterocycles. The van der Waals surface area contributed by atoms with Gasteiger partial charge in [-0.25, -0.2) is 9.78 Å². The summed E-state index contributed by atoms with van der Waals surface area (Å²) in [4.78, 5) is 33.4. The lowest BCUT2D eigenvalue weighted by molar-refractivity contribution is 0.0673. The fraction of sp³-hybridized carbons (Fsp3) is 0.263. The summed E-state index contributed by atoms with van der Waals surface area (Å²) < 4.78 is 1.71. The third-order valence-corrected chi connectivity index (χ3v) is 4.78. The first kappa shape index (κ1) is 17.0. The molecule has 8 nitrogen and oxygen atoms in total. The molecule has 1 aliphatic heterocycles. The number of aromatic carboxylic acids is 1. The number of imidazole rings is 1. The number of aryl methyl sites for hydroxylation is 1. The Morgan fingerprint density at radius 1 is 1.26 bits per heavy atom. The Morgan fingerprint density at radius 2 is 2.04 bits per heavy atom. The van der Waals surface area contributed by atoms with Crippen LogP contribution in [0.2, 0.25) is 0 Å². The lowest BCUT2D eigenvalue weighted by Gasteiger charge is -2.27. The molecule has 2 aromatic heterocycles. The number of aromatic nitrogens is 4. The number of H-pyrrole nitrogens is 1. The maximum Gasteiger partial charge on any atom is 0.356 e. The number of fused-ring (bicyclic) bond motifs is 1. The average Bonchev–Trinajstić information content (AvgIpc) is 3.32. The highest BCUT2D eigenvalue weighted by Gasteiger charge is 2.30. The van der Waals surface area contributed by atoms with Crippen LogP contribution in [0, 0.1) is 0 Å². The summed E-state index contributed by atoms with van der Waals surface area (Å²) in [5.41, 5.74) is 2.83. The molecule has 0 saturated heterocycles. The van der Waals surface area contributed by atoms with Crippen LogP contribution in [0.1, 0.15) is 39.2 Å². The first-order chi connectivity index (χ1) is 13.1. The van der Waals surface area contributed by atoms with Gasteiger partial charge in [0.15, 0.2) is 5.69 Å². The number of carboxylic acids is 1. The van der Waals surface area contributed by atoms with Gasteiger partial charge in [0, 0.05) is 36.3 Å². The third-order valence-electron chi connectivity index (χ3n) is 4.78. The highest BCUT2D eigenvalue weighted by Crippen LogP contribution is 2.24. The van der Waals surface area contributed by atoms with Gasteiger partial charge in [-0.05, 0) is 6.92 Å². The van der Waals surface area contributed by atoms with Crippen molar-refractivity contribution in [3.05, 3.63) is 59.2 Å². The van der Waals surface area contributed by atoms with Crippen molar-refractivity contribution in [2.24, 2.45) is 0 Å². The normalized spacial score (nSPS) is 13.4. The van der Waals surface area contributed by atoms with Crippen molar-refractivity contribution in [2.75, 3.05) is 6.54 Å². The van der Waals surface area contributed by atoms with Gasteiger partial charge in [-0.3, -0.25) is 9.48 Å². The highest BCUT2D eigenvalue weighted by molar-refractivity contribution is 5.93. The molecular formula is C19H19N5O3. The van der Waals surface area contributed by atoms with Gasteiger partial charge in [0.25, 0.3) is 5.91 Å². The van der Waals surface area contributed by atoms with Crippen LogP contribution in [-0.4, -0.2) is 48.2 Å². The predicted molar refractivity (Wildman–Crippen MR) is 97.3 cm³/mol. The van der Waals surface area contributed by atoms with Crippen molar-refractivity contribution in [2.45, 2.75) is 26.4 Å². The van der Waals surface area contributed by atoms with Gasteiger partial charge in [0.05, 0.1) is 12.7 Å². The standard InChI is InChI=1S/C19H19N5O3/c1-2-24-15-8-9-23(11-13(15)16(22-24)19(26)27)18(25)14-10-20-17(21-14)12-6-4-3-5-7-12/h3-7,10H,2,8-9,11H2,1H3,(H,20,21)(H,26,27). The molecule has 27 heavy (non-hydrogen) atoms. The lowest BCUT2D eigenvalue weighted by Crippen LogP contribution is -2.37. The number of rotatable bonds is 4. The molecule has 1 aromatic carbocycles. The van der Waals surface area contributed by atoms with E-state index in [1.54, 1.807) is 9.58 Å². The molecule has 0 bridgehead atoms. The number of nitrogens with zero attached hydrogens (tertiary/aromatic N) is 4. The topological polar surface area (TPSA) is 104 Å². The van der Waals surface area contributed by atoms with Gasteiger partial charge < -0.3 is 15.0 Å². The molecule has 4 rings (SSSR count). The Hall–Kier alpha value is -3.42. The molecule has 138 valence electrons. The van der Waals surface area contributed by atoms with Gasteiger partial charge in [-0.2, -0.15) is 5.10 Å². The van der Waals surface area contributed by atoms with Crippen molar-refractivity contribution >= 4 is 11.9 Å². The number of amides is 1. The van der Waals surface area contributed by atoms with E-state index in [2.05, 4.69) is 15.1 Å². The van der Waals surface area contributed by atoms with Gasteiger partial charge in [0.1, 0.15) is 11.5 Å². The SMILES string of the molecule is CCn1nc(C(=O)O)c2c1CCN(C(=O)c1cnc(-c3ccccc3)[nH]1)C2. The fourth-order valence-corrected chi connectivity index (χ4v) is 3.44. The van der Waals surface area contributed by atoms with Crippen LogP contribution in [0.25, 0.3) is 11.4 Å². The predicted octanol–water partition coefficient (Wildman–Crippen LogP) is 2.19. The van der Waals surface area contributed by atoms with E-state index in [0.29, 0.717) is 36.6 Å². The summed E-state index contributed by atoms with van der Waals surface area (Å²) in [5.74, 6) is -0.641. The van der Waals surface area contributed by atoms with Crippen LogP contribution in [-0.2, 0) is 19.5 Å². The number of carbonyl (C=O) groups excluding carboxylic acids is 1. The zero-order valence-electron chi connectivity index (χ0n) is 14.8. The number of carbonyl (C=O) groups is 2. The summed E-state index contributed by atoms with van der Waals surface area (Å²) >= 11 is 0. The summed E-state index contributed by atoms with van der Waals surface area (Å²) in [6, 6.07) is 9.56. The van der Waals surface area contributed by atoms with E-state index in [0.717, 1.165) is 11.3 Å². The van der Waals surface area contributed by atoms with Crippen LogP contribution >= 0.6 is 0 Å². The first-order valence-corrected chi connectivity index (χ1v) is 8.80. The van der Waals surface area contributed by atoms with Crippen LogP contribution in [0.15, 0.2) is 36.5 Å². The summed E-state index contributed by atoms with van der Waals surface area (Å²) in [5, 5.41) is 13.6. The van der Waals surface area contributed by atoms with Crippen LogP contribution in [0.3, 0.4) is 0 Å². The molecule has 0 saturated carbocycles. The Balaban J connectivity index is 1.59. The quantitative estimate of drug-likeness (QED) is 0.737. The van der Waals surface area contributed by atoms with Crippen molar-refractivity contribution in [1.29, 1.82) is 0 Å². The minimum absolute atomic E-state index is 0.0268. The van der Waals surface area contributed by atoms with Gasteiger partial charge in [0.2, 0.25) is 0 Å². The van der Waals surface area contributed by atoms with E-state index in [9.17, 15) is 14.7 Å². The number of aromatic amines is 1. The number of nitrogens with one attached hydrogen (secondary N) is 1. The molecule has 0 unspecified atom stereocenters. The number of benzene rings is 1. The maximum absolute atomic E-state index is 12.9. The Morgan fingerprint density at radius 3 is 2.74 bits per heavy atom. The maximum atomic E-state index is 12.9. The zero-order chi connectivity index (χ0) is 19.0. The van der Waals surface area contributed by atoms with E-state index in [4.69, 9.17) is 0 Å². The Kier molecular flexibility index (Phi) is 4.23. The van der Waals surface area contributed by atoms with E-state index in [-0.39, 0.29) is 18.1 Å². The molecule has 0 aliphatic carbocycles. The lowest BCUT2D eigenvalue weighted by atomic mass is 10.0. The van der Waals surface area contributed by atoms with E-state index >= 15 is 0 Å². The number of hydrogen-bond acceptors (Lipinski definition) is 4. The first-order valence-electron chi connectivity index (χ1n) is 8.80. The molecule has 0 atom stereocenters. The van der Waals surface area contributed by atoms with Crippen molar-refractivity contribution in [1.82, 2.24) is 24.6 Å². The molecule has 8 heteroatoms. The second-order valence-corrected chi connectivity index (χ2v) is 6.38. The molecule has 0 fully saturated rings. The Bertz CT molecular complexity index is 1010. The number of carboxylic acid groups (broad SMARTS) is 1. The Labute approximate surface area is 155 Å². The largest absolute Gasteiger partial charge is 0.476 e. The van der Waals surface area contributed by atoms with Crippen LogP contribution < -0.4 is 0 Å². The van der Waals surface area contributed by atoms with Gasteiger partial charge in [-0.15, -0.1) is 0 Å². The molecule has 2 N–H and O–H groups in total. The van der Waals surface area contributed by atoms with Crippen molar-refractivity contribution in [3.8, 4) is 11.4 Å². The summed E-state index contributed by atoms with van der Waals surface area (Å²) in [6.07, 6.45) is 2.10. The molecule has 0 spiro atoms. The van der Waals surface area contributed by atoms with E-state index in [1.807, 2.05) is 37.3 Å². The number of hydrogen-bond donors (Lipinski definition) is 2. The van der Waals surface area contributed by atoms with Crippen LogP contribution in [0.5, 0.6) is 0 Å². The van der Waals surface area contributed by atoms with E-state index in [1.165, 1.54) is 6.20 Å². The van der Waals surface area contributed by atoms with Crippen LogP contribution in [0.4, 0.5) is 0 Å². The van der Waals surface area contributed by atoms with Crippen molar-refractivity contribution in [3.63, 3.8) is 0 Å². The molecule has 0 radical (unpaired) electrons. The summed E-state index contributed by atoms with van der Waals surface area (Å²) in [6.45, 7) is 3.27. The molecular weight excluding hydrogens is 346 g/mol.